The Morgan fingerprint density at radius 1 is 1.10 bits per heavy atom. The summed E-state index contributed by atoms with van der Waals surface area (Å²) in [6, 6.07) is 8.05. The first kappa shape index (κ1) is 21.6. The van der Waals surface area contributed by atoms with Crippen LogP contribution >= 0.6 is 0 Å². The fraction of sp³-hybridized carbons (Fsp3) is 0.652. The Bertz CT molecular complexity index is 663. The number of hydrogen-bond acceptors (Lipinski definition) is 3. The van der Waals surface area contributed by atoms with Gasteiger partial charge in [-0.25, -0.2) is 4.99 Å². The lowest BCUT2D eigenvalue weighted by Gasteiger charge is -2.26. The number of rotatable bonds is 8. The minimum Gasteiger partial charge on any atom is -0.357 e. The van der Waals surface area contributed by atoms with Gasteiger partial charge in [0.25, 0.3) is 0 Å². The molecule has 1 aromatic rings. The molecule has 6 nitrogen and oxygen atoms in total. The molecule has 0 radical (unpaired) electrons. The van der Waals surface area contributed by atoms with E-state index in [4.69, 9.17) is 4.99 Å². The Morgan fingerprint density at radius 2 is 1.90 bits per heavy atom. The molecule has 0 unspecified atom stereocenters. The number of guanidine groups is 1. The molecule has 0 atom stereocenters. The van der Waals surface area contributed by atoms with E-state index in [9.17, 15) is 4.79 Å². The zero-order chi connectivity index (χ0) is 20.3. The van der Waals surface area contributed by atoms with Crippen LogP contribution in [-0.4, -0.2) is 49.5 Å². The number of carbonyl (C=O) groups excluding carboxylic acids is 1. The van der Waals surface area contributed by atoms with Gasteiger partial charge in [-0.15, -0.1) is 0 Å². The summed E-state index contributed by atoms with van der Waals surface area (Å²) >= 11 is 0. The molecule has 2 fully saturated rings. The van der Waals surface area contributed by atoms with Crippen LogP contribution in [0.2, 0.25) is 0 Å². The van der Waals surface area contributed by atoms with Crippen molar-refractivity contribution in [2.45, 2.75) is 58.4 Å². The molecule has 1 saturated carbocycles. The van der Waals surface area contributed by atoms with Gasteiger partial charge in [-0.1, -0.05) is 31.4 Å². The lowest BCUT2D eigenvalue weighted by atomic mass is 10.1. The van der Waals surface area contributed by atoms with Gasteiger partial charge in [-0.2, -0.15) is 0 Å². The molecule has 1 heterocycles. The molecule has 0 spiro atoms. The van der Waals surface area contributed by atoms with Gasteiger partial charge in [0, 0.05) is 31.2 Å². The van der Waals surface area contributed by atoms with Crippen LogP contribution in [0.25, 0.3) is 0 Å². The van der Waals surface area contributed by atoms with E-state index >= 15 is 0 Å². The van der Waals surface area contributed by atoms with E-state index in [-0.39, 0.29) is 11.8 Å². The molecule has 6 heteroatoms. The van der Waals surface area contributed by atoms with Crippen LogP contribution in [0.5, 0.6) is 0 Å². The summed E-state index contributed by atoms with van der Waals surface area (Å²) < 4.78 is 0. The van der Waals surface area contributed by atoms with Crippen molar-refractivity contribution in [1.29, 1.82) is 0 Å². The van der Waals surface area contributed by atoms with E-state index in [1.807, 2.05) is 18.2 Å². The summed E-state index contributed by atoms with van der Waals surface area (Å²) in [7, 11) is 0. The largest absolute Gasteiger partial charge is 0.357 e. The highest BCUT2D eigenvalue weighted by molar-refractivity contribution is 5.92. The van der Waals surface area contributed by atoms with Crippen LogP contribution < -0.4 is 16.0 Å². The third kappa shape index (κ3) is 7.35. The first-order valence-corrected chi connectivity index (χ1v) is 11.4. The summed E-state index contributed by atoms with van der Waals surface area (Å²) in [6.07, 6.45) is 8.39. The Hall–Kier alpha value is -2.08. The quantitative estimate of drug-likeness (QED) is 0.463. The second-order valence-electron chi connectivity index (χ2n) is 8.20. The maximum absolute atomic E-state index is 12.4. The summed E-state index contributed by atoms with van der Waals surface area (Å²) in [5.41, 5.74) is 1.97. The third-order valence-corrected chi connectivity index (χ3v) is 5.85. The molecule has 3 N–H and O–H groups in total. The number of amides is 1. The average molecular weight is 400 g/mol. The number of piperidine rings is 1. The average Bonchev–Trinajstić information content (AvgIpc) is 3.28. The molecule has 3 rings (SSSR count). The molecule has 1 amide bonds. The van der Waals surface area contributed by atoms with Crippen molar-refractivity contribution in [1.82, 2.24) is 15.5 Å². The van der Waals surface area contributed by atoms with Crippen LogP contribution in [0.3, 0.4) is 0 Å². The number of likely N-dealkylation sites (tertiary alicyclic amines) is 1. The molecule has 1 saturated heterocycles. The van der Waals surface area contributed by atoms with Gasteiger partial charge in [0.2, 0.25) is 5.91 Å². The monoisotopic (exact) mass is 399 g/mol. The fourth-order valence-electron chi connectivity index (χ4n) is 4.21. The topological polar surface area (TPSA) is 68.8 Å². The zero-order valence-corrected chi connectivity index (χ0v) is 17.9. The van der Waals surface area contributed by atoms with E-state index in [1.165, 1.54) is 45.2 Å². The predicted octanol–water partition coefficient (Wildman–Crippen LogP) is 3.36. The van der Waals surface area contributed by atoms with Gasteiger partial charge in [0.15, 0.2) is 5.96 Å². The zero-order valence-electron chi connectivity index (χ0n) is 17.9. The lowest BCUT2D eigenvalue weighted by Crippen LogP contribution is -2.42. The van der Waals surface area contributed by atoms with Crippen molar-refractivity contribution in [3.05, 3.63) is 29.8 Å². The number of benzene rings is 1. The minimum absolute atomic E-state index is 0.163. The number of hydrogen-bond donors (Lipinski definition) is 3. The van der Waals surface area contributed by atoms with E-state index < -0.39 is 0 Å². The standard InChI is InChI=1S/C23H37N5O/c1-2-24-23(25-13-16-28-14-6-3-7-15-28)26-18-19-9-8-12-21(17-19)27-22(29)20-10-4-5-11-20/h8-9,12,17,20H,2-7,10-11,13-16,18H2,1H3,(H,27,29)(H2,24,25,26). The summed E-state index contributed by atoms with van der Waals surface area (Å²) in [6.45, 7) is 7.92. The van der Waals surface area contributed by atoms with Gasteiger partial charge >= 0.3 is 0 Å². The number of nitrogens with zero attached hydrogens (tertiary/aromatic N) is 2. The van der Waals surface area contributed by atoms with Gasteiger partial charge in [-0.05, 0) is 63.4 Å². The molecule has 0 bridgehead atoms. The first-order valence-electron chi connectivity index (χ1n) is 11.4. The third-order valence-electron chi connectivity index (χ3n) is 5.85. The fourth-order valence-corrected chi connectivity index (χ4v) is 4.21. The van der Waals surface area contributed by atoms with Gasteiger partial charge in [0.05, 0.1) is 6.54 Å². The summed E-state index contributed by atoms with van der Waals surface area (Å²) in [5.74, 6) is 1.20. The van der Waals surface area contributed by atoms with E-state index in [1.54, 1.807) is 0 Å². The highest BCUT2D eigenvalue weighted by atomic mass is 16.1. The van der Waals surface area contributed by atoms with E-state index in [0.717, 1.165) is 49.7 Å². The summed E-state index contributed by atoms with van der Waals surface area (Å²) in [5, 5.41) is 9.86. The molecule has 29 heavy (non-hydrogen) atoms. The second kappa shape index (κ2) is 11.8. The van der Waals surface area contributed by atoms with Crippen molar-refractivity contribution in [2.75, 3.05) is 38.0 Å². The van der Waals surface area contributed by atoms with Crippen molar-refractivity contribution in [2.24, 2.45) is 10.9 Å². The smallest absolute Gasteiger partial charge is 0.227 e. The van der Waals surface area contributed by atoms with E-state index in [0.29, 0.717) is 6.54 Å². The highest BCUT2D eigenvalue weighted by Gasteiger charge is 2.22. The molecule has 1 aromatic carbocycles. The molecule has 2 aliphatic rings. The first-order chi connectivity index (χ1) is 14.2. The Morgan fingerprint density at radius 3 is 2.66 bits per heavy atom. The second-order valence-corrected chi connectivity index (χ2v) is 8.20. The van der Waals surface area contributed by atoms with Gasteiger partial charge in [0.1, 0.15) is 0 Å². The van der Waals surface area contributed by atoms with Crippen molar-refractivity contribution in [3.63, 3.8) is 0 Å². The Balaban J connectivity index is 1.49. The van der Waals surface area contributed by atoms with E-state index in [2.05, 4.69) is 33.8 Å². The summed E-state index contributed by atoms with van der Waals surface area (Å²) in [4.78, 5) is 19.6. The Labute approximate surface area is 175 Å². The SMILES string of the molecule is CCNC(=NCc1cccc(NC(=O)C2CCCC2)c1)NCCN1CCCCC1. The van der Waals surface area contributed by atoms with Crippen molar-refractivity contribution < 1.29 is 4.79 Å². The van der Waals surface area contributed by atoms with Crippen molar-refractivity contribution in [3.8, 4) is 0 Å². The molecular weight excluding hydrogens is 362 g/mol. The van der Waals surface area contributed by atoms with Crippen molar-refractivity contribution >= 4 is 17.6 Å². The Kier molecular flexibility index (Phi) is 8.81. The van der Waals surface area contributed by atoms with Gasteiger partial charge in [-0.3, -0.25) is 4.79 Å². The molecule has 0 aromatic heterocycles. The normalized spacial score (nSPS) is 18.6. The number of anilines is 1. The van der Waals surface area contributed by atoms with Crippen LogP contribution in [0.1, 0.15) is 57.4 Å². The molecular formula is C23H37N5O. The van der Waals surface area contributed by atoms with Gasteiger partial charge < -0.3 is 20.9 Å². The predicted molar refractivity (Wildman–Crippen MR) is 120 cm³/mol. The number of aliphatic imine (C=N–C) groups is 1. The van der Waals surface area contributed by atoms with Crippen LogP contribution in [0, 0.1) is 5.92 Å². The van der Waals surface area contributed by atoms with Crippen LogP contribution in [0.4, 0.5) is 5.69 Å². The highest BCUT2D eigenvalue weighted by Crippen LogP contribution is 2.26. The van der Waals surface area contributed by atoms with Crippen LogP contribution in [-0.2, 0) is 11.3 Å². The molecule has 160 valence electrons. The van der Waals surface area contributed by atoms with Crippen LogP contribution in [0.15, 0.2) is 29.3 Å². The maximum atomic E-state index is 12.4. The lowest BCUT2D eigenvalue weighted by molar-refractivity contribution is -0.119. The molecule has 1 aliphatic heterocycles. The number of carbonyl (C=O) groups is 1. The number of nitrogens with one attached hydrogen (secondary N) is 3. The minimum atomic E-state index is 0.163. The molecule has 1 aliphatic carbocycles. The maximum Gasteiger partial charge on any atom is 0.227 e.